The number of hydrazone groups is 1. The molecule has 0 bridgehead atoms. The van der Waals surface area contributed by atoms with E-state index in [9.17, 15) is 9.18 Å². The molecule has 9 heteroatoms. The molecule has 3 heterocycles. The fourth-order valence-electron chi connectivity index (χ4n) is 3.64. The number of hydrogen-bond acceptors (Lipinski definition) is 6. The first-order valence-electron chi connectivity index (χ1n) is 10.4. The molecule has 0 aliphatic carbocycles. The van der Waals surface area contributed by atoms with Gasteiger partial charge in [-0.15, -0.1) is 5.10 Å². The van der Waals surface area contributed by atoms with E-state index in [1.165, 1.54) is 22.8 Å². The highest BCUT2D eigenvalue weighted by molar-refractivity contribution is 7.99. The van der Waals surface area contributed by atoms with Crippen LogP contribution in [0.4, 0.5) is 4.39 Å². The van der Waals surface area contributed by atoms with Crippen molar-refractivity contribution in [3.05, 3.63) is 89.6 Å². The van der Waals surface area contributed by atoms with Gasteiger partial charge in [-0.3, -0.25) is 9.89 Å². The molecule has 4 aromatic rings. The number of benzene rings is 2. The Labute approximate surface area is 193 Å². The van der Waals surface area contributed by atoms with Crippen LogP contribution in [-0.2, 0) is 4.79 Å². The zero-order valence-corrected chi connectivity index (χ0v) is 18.6. The minimum absolute atomic E-state index is 0.0798. The molecule has 33 heavy (non-hydrogen) atoms. The maximum atomic E-state index is 14.0. The number of thioether (sulfide) groups is 1. The number of aryl methyl sites for hydroxylation is 1. The van der Waals surface area contributed by atoms with E-state index in [0.29, 0.717) is 28.7 Å². The molecule has 1 atom stereocenters. The third-order valence-corrected chi connectivity index (χ3v) is 6.17. The number of nitrogens with one attached hydrogen (secondary N) is 1. The van der Waals surface area contributed by atoms with Crippen molar-refractivity contribution in [2.24, 2.45) is 5.10 Å². The summed E-state index contributed by atoms with van der Waals surface area (Å²) in [5.74, 6) is 0.492. The van der Waals surface area contributed by atoms with Gasteiger partial charge < -0.3 is 4.42 Å². The van der Waals surface area contributed by atoms with Crippen LogP contribution in [0.5, 0.6) is 0 Å². The van der Waals surface area contributed by atoms with Crippen LogP contribution in [0.25, 0.3) is 11.4 Å². The lowest BCUT2D eigenvalue weighted by Crippen LogP contribution is -2.28. The lowest BCUT2D eigenvalue weighted by atomic mass is 10.0. The summed E-state index contributed by atoms with van der Waals surface area (Å²) in [6, 6.07) is 17.7. The molecule has 1 amide bonds. The number of nitrogens with zero attached hydrogens (tertiary/aromatic N) is 4. The third kappa shape index (κ3) is 4.45. The van der Waals surface area contributed by atoms with E-state index in [-0.39, 0.29) is 17.7 Å². The van der Waals surface area contributed by atoms with E-state index in [1.54, 1.807) is 30.5 Å². The monoisotopic (exact) mass is 461 g/mol. The first-order valence-corrected chi connectivity index (χ1v) is 11.4. The third-order valence-electron chi connectivity index (χ3n) is 5.34. The molecular formula is C24H20FN5O2S. The van der Waals surface area contributed by atoms with Crippen molar-refractivity contribution in [1.29, 1.82) is 0 Å². The van der Waals surface area contributed by atoms with Gasteiger partial charge >= 0.3 is 0 Å². The second-order valence-electron chi connectivity index (χ2n) is 7.62. The minimum Gasteiger partial charge on any atom is -0.467 e. The molecule has 1 aliphatic rings. The molecular weight excluding hydrogens is 441 g/mol. The Hall–Kier alpha value is -3.72. The van der Waals surface area contributed by atoms with E-state index >= 15 is 0 Å². The molecule has 0 saturated heterocycles. The number of carbonyl (C=O) groups excluding carboxylic acids is 1. The van der Waals surface area contributed by atoms with Gasteiger partial charge in [-0.2, -0.15) is 5.10 Å². The average Bonchev–Trinajstić information content (AvgIpc) is 3.59. The lowest BCUT2D eigenvalue weighted by molar-refractivity contribution is -0.130. The summed E-state index contributed by atoms with van der Waals surface area (Å²) >= 11 is 1.17. The number of H-pyrrole nitrogens is 1. The summed E-state index contributed by atoms with van der Waals surface area (Å²) < 4.78 is 19.6. The number of carbonyl (C=O) groups is 1. The van der Waals surface area contributed by atoms with E-state index < -0.39 is 5.82 Å². The standard InChI is InChI=1S/C24H20FN5O2S/c1-15-8-10-16(11-9-15)19-13-20(21-7-4-12-32-21)30(29-19)22(31)14-33-24-26-23(27-28-24)17-5-2-3-6-18(17)25/h2-12,20H,13-14H2,1H3,(H,26,27,28)/t20-/m0/s1. The Morgan fingerprint density at radius 2 is 2.00 bits per heavy atom. The number of furan rings is 1. The topological polar surface area (TPSA) is 87.4 Å². The highest BCUT2D eigenvalue weighted by atomic mass is 32.2. The molecule has 2 aromatic heterocycles. The zero-order chi connectivity index (χ0) is 22.8. The number of halogens is 1. The molecule has 166 valence electrons. The van der Waals surface area contributed by atoms with Gasteiger partial charge in [0, 0.05) is 6.42 Å². The summed E-state index contributed by atoms with van der Waals surface area (Å²) in [6.07, 6.45) is 2.15. The van der Waals surface area contributed by atoms with Gasteiger partial charge in [-0.05, 0) is 36.8 Å². The molecule has 0 spiro atoms. The number of aromatic amines is 1. The van der Waals surface area contributed by atoms with E-state index in [0.717, 1.165) is 16.8 Å². The van der Waals surface area contributed by atoms with Gasteiger partial charge in [0.15, 0.2) is 5.82 Å². The van der Waals surface area contributed by atoms with E-state index in [1.807, 2.05) is 37.3 Å². The van der Waals surface area contributed by atoms with Crippen LogP contribution in [0.3, 0.4) is 0 Å². The van der Waals surface area contributed by atoms with Gasteiger partial charge in [0.05, 0.1) is 23.3 Å². The summed E-state index contributed by atoms with van der Waals surface area (Å²) in [5, 5.41) is 13.3. The molecule has 7 nitrogen and oxygen atoms in total. The largest absolute Gasteiger partial charge is 0.467 e. The van der Waals surface area contributed by atoms with Crippen molar-refractivity contribution in [3.63, 3.8) is 0 Å². The van der Waals surface area contributed by atoms with Crippen molar-refractivity contribution in [2.75, 3.05) is 5.75 Å². The Morgan fingerprint density at radius 1 is 1.18 bits per heavy atom. The van der Waals surface area contributed by atoms with Gasteiger partial charge in [-0.25, -0.2) is 14.4 Å². The Balaban J connectivity index is 1.32. The highest BCUT2D eigenvalue weighted by Crippen LogP contribution is 2.34. The van der Waals surface area contributed by atoms with Crippen LogP contribution >= 0.6 is 11.8 Å². The number of rotatable bonds is 6. The van der Waals surface area contributed by atoms with Crippen LogP contribution in [0.1, 0.15) is 29.3 Å². The van der Waals surface area contributed by atoms with Crippen molar-refractivity contribution < 1.29 is 13.6 Å². The minimum atomic E-state index is -0.391. The quantitative estimate of drug-likeness (QED) is 0.409. The average molecular weight is 462 g/mol. The Bertz CT molecular complexity index is 1300. The van der Waals surface area contributed by atoms with Crippen molar-refractivity contribution in [3.8, 4) is 11.4 Å². The van der Waals surface area contributed by atoms with Gasteiger partial charge in [0.2, 0.25) is 5.16 Å². The van der Waals surface area contributed by atoms with E-state index in [2.05, 4.69) is 20.3 Å². The number of hydrogen-bond donors (Lipinski definition) is 1. The van der Waals surface area contributed by atoms with Crippen LogP contribution in [-0.4, -0.2) is 37.6 Å². The summed E-state index contributed by atoms with van der Waals surface area (Å²) in [4.78, 5) is 17.4. The maximum absolute atomic E-state index is 14.0. The fourth-order valence-corrected chi connectivity index (χ4v) is 4.29. The summed E-state index contributed by atoms with van der Waals surface area (Å²) in [7, 11) is 0. The van der Waals surface area contributed by atoms with Crippen LogP contribution in [0.2, 0.25) is 0 Å². The fraction of sp³-hybridized carbons (Fsp3) is 0.167. The van der Waals surface area contributed by atoms with Crippen molar-refractivity contribution >= 4 is 23.4 Å². The lowest BCUT2D eigenvalue weighted by Gasteiger charge is -2.19. The second kappa shape index (κ2) is 9.03. The van der Waals surface area contributed by atoms with Gasteiger partial charge in [0.25, 0.3) is 5.91 Å². The molecule has 5 rings (SSSR count). The van der Waals surface area contributed by atoms with Crippen molar-refractivity contribution in [2.45, 2.75) is 24.5 Å². The predicted molar refractivity (Wildman–Crippen MR) is 123 cm³/mol. The first-order chi connectivity index (χ1) is 16.1. The number of aromatic nitrogens is 3. The number of amides is 1. The molecule has 1 aliphatic heterocycles. The van der Waals surface area contributed by atoms with Crippen LogP contribution < -0.4 is 0 Å². The van der Waals surface area contributed by atoms with Crippen LogP contribution in [0, 0.1) is 12.7 Å². The molecule has 0 saturated carbocycles. The Kier molecular flexibility index (Phi) is 5.78. The molecule has 0 radical (unpaired) electrons. The highest BCUT2D eigenvalue weighted by Gasteiger charge is 2.34. The first kappa shape index (κ1) is 21.1. The van der Waals surface area contributed by atoms with Gasteiger partial charge in [0.1, 0.15) is 17.6 Å². The van der Waals surface area contributed by atoms with Gasteiger partial charge in [-0.1, -0.05) is 53.7 Å². The SMILES string of the molecule is Cc1ccc(C2=NN(C(=O)CSc3n[nH]c(-c4ccccc4F)n3)[C@H](c3ccco3)C2)cc1. The second-order valence-corrected chi connectivity index (χ2v) is 8.56. The van der Waals surface area contributed by atoms with Crippen LogP contribution in [0.15, 0.2) is 81.6 Å². The molecule has 1 N–H and O–H groups in total. The molecule has 0 fully saturated rings. The van der Waals surface area contributed by atoms with E-state index in [4.69, 9.17) is 4.42 Å². The predicted octanol–water partition coefficient (Wildman–Crippen LogP) is 4.98. The maximum Gasteiger partial charge on any atom is 0.253 e. The smallest absolute Gasteiger partial charge is 0.253 e. The molecule has 0 unspecified atom stereocenters. The molecule has 2 aromatic carbocycles. The Morgan fingerprint density at radius 3 is 2.76 bits per heavy atom. The zero-order valence-electron chi connectivity index (χ0n) is 17.7. The summed E-state index contributed by atoms with van der Waals surface area (Å²) in [6.45, 7) is 2.03. The van der Waals surface area contributed by atoms with Crippen molar-refractivity contribution in [1.82, 2.24) is 20.2 Å². The summed E-state index contributed by atoms with van der Waals surface area (Å²) in [5.41, 5.74) is 3.29. The normalized spacial score (nSPS) is 15.6.